The highest BCUT2D eigenvalue weighted by atomic mass is 32.1. The third-order valence-corrected chi connectivity index (χ3v) is 6.95. The van der Waals surface area contributed by atoms with Crippen molar-refractivity contribution < 1.29 is 9.47 Å². The van der Waals surface area contributed by atoms with Gasteiger partial charge in [0.05, 0.1) is 28.1 Å². The average molecular weight is 451 g/mol. The average Bonchev–Trinajstić information content (AvgIpc) is 3.52. The maximum atomic E-state index is 6.08. The van der Waals surface area contributed by atoms with Crippen molar-refractivity contribution in [1.29, 1.82) is 0 Å². The Balaban J connectivity index is 1.23. The van der Waals surface area contributed by atoms with Crippen LogP contribution in [0.4, 0.5) is 0 Å². The largest absolute Gasteiger partial charge is 0.492 e. The van der Waals surface area contributed by atoms with Gasteiger partial charge in [-0.3, -0.25) is 0 Å². The smallest absolute Gasteiger partial charge is 0.157 e. The van der Waals surface area contributed by atoms with Crippen LogP contribution in [-0.2, 0) is 20.0 Å². The zero-order valence-electron chi connectivity index (χ0n) is 18.7. The molecule has 4 aromatic rings. The second-order valence-corrected chi connectivity index (χ2v) is 9.20. The molecule has 0 unspecified atom stereocenters. The number of nitrogens with one attached hydrogen (secondary N) is 1. The number of aromatic nitrogens is 3. The molecular weight excluding hydrogens is 420 g/mol. The van der Waals surface area contributed by atoms with Crippen LogP contribution in [0, 0.1) is 0 Å². The molecule has 3 aromatic heterocycles. The molecule has 0 radical (unpaired) electrons. The first kappa shape index (κ1) is 21.1. The highest BCUT2D eigenvalue weighted by Crippen LogP contribution is 2.30. The van der Waals surface area contributed by atoms with E-state index >= 15 is 0 Å². The standard InChI is InChI=1S/C25H30N4O2S/c1-3-18-17-29(25(27-18)23-16-24-22(28(23)2)10-15-32-24)13-14-30-19-4-6-20(7-5-19)31-21-8-11-26-12-9-21/h4-7,10,15-17,21,26H,3,8-9,11-14H2,1-2H3. The summed E-state index contributed by atoms with van der Waals surface area (Å²) in [6, 6.07) is 12.4. The monoisotopic (exact) mass is 450 g/mol. The lowest BCUT2D eigenvalue weighted by Gasteiger charge is -2.23. The first-order valence-corrected chi connectivity index (χ1v) is 12.3. The quantitative estimate of drug-likeness (QED) is 0.416. The van der Waals surface area contributed by atoms with Crippen molar-refractivity contribution in [2.75, 3.05) is 19.7 Å². The molecule has 0 amide bonds. The molecule has 4 heterocycles. The fourth-order valence-electron chi connectivity index (χ4n) is 4.26. The number of nitrogens with zero attached hydrogens (tertiary/aromatic N) is 3. The van der Waals surface area contributed by atoms with Gasteiger partial charge in [-0.05, 0) is 74.1 Å². The molecule has 32 heavy (non-hydrogen) atoms. The number of rotatable bonds is 8. The van der Waals surface area contributed by atoms with E-state index in [4.69, 9.17) is 14.5 Å². The molecule has 1 aliphatic rings. The van der Waals surface area contributed by atoms with Crippen molar-refractivity contribution in [2.24, 2.45) is 7.05 Å². The number of thiophene rings is 1. The number of piperidine rings is 1. The minimum absolute atomic E-state index is 0.309. The molecular formula is C25H30N4O2S. The van der Waals surface area contributed by atoms with E-state index in [9.17, 15) is 0 Å². The summed E-state index contributed by atoms with van der Waals surface area (Å²) < 4.78 is 17.9. The molecule has 0 atom stereocenters. The van der Waals surface area contributed by atoms with Gasteiger partial charge in [0, 0.05) is 13.2 Å². The maximum Gasteiger partial charge on any atom is 0.157 e. The molecule has 1 aromatic carbocycles. The van der Waals surface area contributed by atoms with Crippen molar-refractivity contribution >= 4 is 21.6 Å². The van der Waals surface area contributed by atoms with Crippen LogP contribution in [0.5, 0.6) is 11.5 Å². The van der Waals surface area contributed by atoms with Gasteiger partial charge in [-0.15, -0.1) is 11.3 Å². The minimum Gasteiger partial charge on any atom is -0.492 e. The van der Waals surface area contributed by atoms with Crippen LogP contribution >= 0.6 is 11.3 Å². The van der Waals surface area contributed by atoms with E-state index in [1.54, 1.807) is 11.3 Å². The van der Waals surface area contributed by atoms with E-state index in [2.05, 4.69) is 52.1 Å². The van der Waals surface area contributed by atoms with Crippen LogP contribution in [-0.4, -0.2) is 39.9 Å². The van der Waals surface area contributed by atoms with Gasteiger partial charge in [0.2, 0.25) is 0 Å². The molecule has 1 N–H and O–H groups in total. The van der Waals surface area contributed by atoms with Crippen LogP contribution in [0.3, 0.4) is 0 Å². The molecule has 1 aliphatic heterocycles. The topological polar surface area (TPSA) is 53.2 Å². The maximum absolute atomic E-state index is 6.08. The Labute approximate surface area is 192 Å². The zero-order chi connectivity index (χ0) is 21.9. The Morgan fingerprint density at radius 3 is 2.66 bits per heavy atom. The highest BCUT2D eigenvalue weighted by molar-refractivity contribution is 7.17. The summed E-state index contributed by atoms with van der Waals surface area (Å²) in [6.45, 7) is 5.53. The number of benzene rings is 1. The Hall–Kier alpha value is -2.77. The molecule has 0 spiro atoms. The van der Waals surface area contributed by atoms with Gasteiger partial charge in [-0.25, -0.2) is 4.98 Å². The van der Waals surface area contributed by atoms with Crippen LogP contribution in [0.2, 0.25) is 0 Å². The molecule has 0 bridgehead atoms. The number of hydrogen-bond acceptors (Lipinski definition) is 5. The minimum atomic E-state index is 0.309. The van der Waals surface area contributed by atoms with Crippen LogP contribution < -0.4 is 14.8 Å². The van der Waals surface area contributed by atoms with E-state index in [0.29, 0.717) is 12.7 Å². The van der Waals surface area contributed by atoms with Crippen LogP contribution in [0.15, 0.2) is 48.0 Å². The van der Waals surface area contributed by atoms with E-state index in [1.165, 1.54) is 10.2 Å². The number of hydrogen-bond donors (Lipinski definition) is 1. The van der Waals surface area contributed by atoms with Gasteiger partial charge in [0.25, 0.3) is 0 Å². The van der Waals surface area contributed by atoms with E-state index in [-0.39, 0.29) is 0 Å². The van der Waals surface area contributed by atoms with Crippen molar-refractivity contribution in [3.05, 3.63) is 53.7 Å². The number of aryl methyl sites for hydroxylation is 2. The summed E-state index contributed by atoms with van der Waals surface area (Å²) in [5.74, 6) is 2.78. The Kier molecular flexibility index (Phi) is 6.19. The molecule has 0 saturated carbocycles. The van der Waals surface area contributed by atoms with E-state index < -0.39 is 0 Å². The predicted molar refractivity (Wildman–Crippen MR) is 130 cm³/mol. The second-order valence-electron chi connectivity index (χ2n) is 8.25. The fraction of sp³-hybridized carbons (Fsp3) is 0.400. The predicted octanol–water partition coefficient (Wildman–Crippen LogP) is 4.88. The molecule has 5 rings (SSSR count). The number of fused-ring (bicyclic) bond motifs is 1. The van der Waals surface area contributed by atoms with E-state index in [0.717, 1.165) is 67.6 Å². The third-order valence-electron chi connectivity index (χ3n) is 6.10. The molecule has 168 valence electrons. The van der Waals surface area contributed by atoms with Gasteiger partial charge >= 0.3 is 0 Å². The molecule has 7 heteroatoms. The zero-order valence-corrected chi connectivity index (χ0v) is 19.5. The van der Waals surface area contributed by atoms with Gasteiger partial charge in [0.1, 0.15) is 24.2 Å². The van der Waals surface area contributed by atoms with Gasteiger partial charge in [-0.1, -0.05) is 6.92 Å². The Morgan fingerprint density at radius 2 is 1.91 bits per heavy atom. The Morgan fingerprint density at radius 1 is 1.12 bits per heavy atom. The highest BCUT2D eigenvalue weighted by Gasteiger charge is 2.16. The van der Waals surface area contributed by atoms with Crippen molar-refractivity contribution in [2.45, 2.75) is 38.8 Å². The number of imidazole rings is 1. The lowest BCUT2D eigenvalue weighted by atomic mass is 10.1. The van der Waals surface area contributed by atoms with E-state index in [1.807, 2.05) is 24.3 Å². The molecule has 1 fully saturated rings. The fourth-order valence-corrected chi connectivity index (χ4v) is 5.11. The lowest BCUT2D eigenvalue weighted by Crippen LogP contribution is -2.34. The van der Waals surface area contributed by atoms with Crippen molar-refractivity contribution in [1.82, 2.24) is 19.4 Å². The summed E-state index contributed by atoms with van der Waals surface area (Å²) in [5.41, 5.74) is 3.50. The van der Waals surface area contributed by atoms with Gasteiger partial charge < -0.3 is 23.9 Å². The SMILES string of the molecule is CCc1cn(CCOc2ccc(OC3CCNCC3)cc2)c(-c2cc3sccc3n2C)n1. The van der Waals surface area contributed by atoms with Gasteiger partial charge in [0.15, 0.2) is 5.82 Å². The summed E-state index contributed by atoms with van der Waals surface area (Å²) in [5, 5.41) is 5.50. The lowest BCUT2D eigenvalue weighted by molar-refractivity contribution is 0.162. The summed E-state index contributed by atoms with van der Waals surface area (Å²) in [7, 11) is 2.11. The first-order chi connectivity index (χ1) is 15.7. The summed E-state index contributed by atoms with van der Waals surface area (Å²) in [6.07, 6.45) is 5.49. The molecule has 1 saturated heterocycles. The molecule has 6 nitrogen and oxygen atoms in total. The van der Waals surface area contributed by atoms with Crippen LogP contribution in [0.25, 0.3) is 21.7 Å². The first-order valence-electron chi connectivity index (χ1n) is 11.4. The van der Waals surface area contributed by atoms with Gasteiger partial charge in [-0.2, -0.15) is 0 Å². The second kappa shape index (κ2) is 9.38. The normalized spacial score (nSPS) is 14.8. The third kappa shape index (κ3) is 4.40. The molecule has 0 aliphatic carbocycles. The van der Waals surface area contributed by atoms with Crippen LogP contribution in [0.1, 0.15) is 25.5 Å². The Bertz CT molecular complexity index is 1170. The van der Waals surface area contributed by atoms with Crippen molar-refractivity contribution in [3.63, 3.8) is 0 Å². The van der Waals surface area contributed by atoms with Crippen molar-refractivity contribution in [3.8, 4) is 23.0 Å². The summed E-state index contributed by atoms with van der Waals surface area (Å²) in [4.78, 5) is 4.90. The number of ether oxygens (including phenoxy) is 2. The summed E-state index contributed by atoms with van der Waals surface area (Å²) >= 11 is 1.77.